The first-order valence-corrected chi connectivity index (χ1v) is 12.7. The van der Waals surface area contributed by atoms with E-state index in [1.54, 1.807) is 0 Å². The minimum Gasteiger partial charge on any atom is -0.407 e. The van der Waals surface area contributed by atoms with E-state index < -0.39 is 45.4 Å². The molecule has 0 bridgehead atoms. The van der Waals surface area contributed by atoms with Crippen LogP contribution < -0.4 is 10.4 Å². The highest BCUT2D eigenvalue weighted by Crippen LogP contribution is 2.37. The zero-order chi connectivity index (χ0) is 22.6. The average molecular weight is 447 g/mol. The van der Waals surface area contributed by atoms with Crippen molar-refractivity contribution in [1.29, 1.82) is 0 Å². The molecule has 6 nitrogen and oxygen atoms in total. The monoisotopic (exact) mass is 446 g/mol. The Hall–Kier alpha value is -1.58. The number of aliphatic hydroxyl groups is 4. The summed E-state index contributed by atoms with van der Waals surface area (Å²) in [5, 5.41) is 42.1. The van der Waals surface area contributed by atoms with E-state index in [0.717, 1.165) is 10.4 Å². The SMILES string of the molecule is CC(C)(C)[Si](OCC[C@@H]1O[C@H](CO)[C@@H](O)[C@H](O)[C@H]1O)(c1ccccc1)c1ccccc1. The van der Waals surface area contributed by atoms with Gasteiger partial charge in [0, 0.05) is 6.61 Å². The fourth-order valence-electron chi connectivity index (χ4n) is 4.51. The molecular formula is C24H34O6Si. The van der Waals surface area contributed by atoms with Crippen LogP contribution in [0.15, 0.2) is 60.7 Å². The summed E-state index contributed by atoms with van der Waals surface area (Å²) < 4.78 is 12.5. The summed E-state index contributed by atoms with van der Waals surface area (Å²) in [5.74, 6) is 0. The van der Waals surface area contributed by atoms with E-state index in [9.17, 15) is 20.4 Å². The van der Waals surface area contributed by atoms with Crippen LogP contribution in [0.2, 0.25) is 5.04 Å². The highest BCUT2D eigenvalue weighted by atomic mass is 28.4. The topological polar surface area (TPSA) is 99.4 Å². The van der Waals surface area contributed by atoms with Crippen LogP contribution in [-0.4, -0.2) is 72.5 Å². The highest BCUT2D eigenvalue weighted by molar-refractivity contribution is 6.99. The fraction of sp³-hybridized carbons (Fsp3) is 0.500. The van der Waals surface area contributed by atoms with Crippen LogP contribution >= 0.6 is 0 Å². The molecule has 3 rings (SSSR count). The summed E-state index contributed by atoms with van der Waals surface area (Å²) in [4.78, 5) is 0. The lowest BCUT2D eigenvalue weighted by Crippen LogP contribution is -2.67. The van der Waals surface area contributed by atoms with Gasteiger partial charge in [-0.2, -0.15) is 0 Å². The second-order valence-corrected chi connectivity index (χ2v) is 13.5. The van der Waals surface area contributed by atoms with Gasteiger partial charge in [-0.25, -0.2) is 0 Å². The number of hydrogen-bond donors (Lipinski definition) is 4. The molecule has 1 saturated heterocycles. The summed E-state index contributed by atoms with van der Waals surface area (Å²) in [6, 6.07) is 20.5. The summed E-state index contributed by atoms with van der Waals surface area (Å²) in [6.45, 7) is 6.43. The zero-order valence-electron chi connectivity index (χ0n) is 18.4. The van der Waals surface area contributed by atoms with Gasteiger partial charge in [-0.3, -0.25) is 0 Å². The fourth-order valence-corrected chi connectivity index (χ4v) is 9.09. The van der Waals surface area contributed by atoms with Crippen LogP contribution in [0, 0.1) is 0 Å². The minimum atomic E-state index is -2.71. The molecule has 0 aromatic heterocycles. The van der Waals surface area contributed by atoms with E-state index in [-0.39, 0.29) is 5.04 Å². The third-order valence-corrected chi connectivity index (χ3v) is 11.2. The van der Waals surface area contributed by atoms with E-state index in [0.29, 0.717) is 13.0 Å². The third kappa shape index (κ3) is 4.78. The molecule has 1 aliphatic rings. The first-order valence-electron chi connectivity index (χ1n) is 10.8. The molecule has 2 aromatic carbocycles. The van der Waals surface area contributed by atoms with Crippen molar-refractivity contribution in [2.24, 2.45) is 0 Å². The summed E-state index contributed by atoms with van der Waals surface area (Å²) in [6.07, 6.45) is -5.30. The maximum Gasteiger partial charge on any atom is 0.261 e. The van der Waals surface area contributed by atoms with Crippen molar-refractivity contribution in [2.75, 3.05) is 13.2 Å². The predicted molar refractivity (Wildman–Crippen MR) is 122 cm³/mol. The van der Waals surface area contributed by atoms with Crippen molar-refractivity contribution >= 4 is 18.7 Å². The Labute approximate surface area is 185 Å². The third-order valence-electron chi connectivity index (χ3n) is 6.13. The van der Waals surface area contributed by atoms with Gasteiger partial charge in [-0.1, -0.05) is 81.4 Å². The van der Waals surface area contributed by atoms with E-state index in [4.69, 9.17) is 9.16 Å². The lowest BCUT2D eigenvalue weighted by molar-refractivity contribution is -0.231. The molecule has 1 fully saturated rings. The number of hydrogen-bond acceptors (Lipinski definition) is 6. The van der Waals surface area contributed by atoms with Gasteiger partial charge in [0.2, 0.25) is 0 Å². The molecule has 0 saturated carbocycles. The zero-order valence-corrected chi connectivity index (χ0v) is 19.4. The summed E-state index contributed by atoms with van der Waals surface area (Å²) in [7, 11) is -2.71. The Bertz CT molecular complexity index is 768. The molecule has 7 heteroatoms. The molecule has 170 valence electrons. The van der Waals surface area contributed by atoms with Crippen LogP contribution in [0.5, 0.6) is 0 Å². The van der Waals surface area contributed by atoms with Crippen LogP contribution in [0.25, 0.3) is 0 Å². The van der Waals surface area contributed by atoms with Crippen LogP contribution in [0.1, 0.15) is 27.2 Å². The van der Waals surface area contributed by atoms with Crippen molar-refractivity contribution < 1.29 is 29.6 Å². The van der Waals surface area contributed by atoms with E-state index in [1.807, 2.05) is 36.4 Å². The van der Waals surface area contributed by atoms with Crippen molar-refractivity contribution in [3.8, 4) is 0 Å². The maximum absolute atomic E-state index is 10.4. The first kappa shape index (κ1) is 24.1. The molecule has 0 radical (unpaired) electrons. The molecule has 0 spiro atoms. The number of rotatable bonds is 7. The lowest BCUT2D eigenvalue weighted by atomic mass is 9.94. The molecular weight excluding hydrogens is 412 g/mol. The van der Waals surface area contributed by atoms with Gasteiger partial charge in [0.15, 0.2) is 0 Å². The molecule has 4 N–H and O–H groups in total. The maximum atomic E-state index is 10.4. The van der Waals surface area contributed by atoms with Gasteiger partial charge in [-0.15, -0.1) is 0 Å². The Balaban J connectivity index is 1.88. The van der Waals surface area contributed by atoms with Crippen molar-refractivity contribution in [3.63, 3.8) is 0 Å². The van der Waals surface area contributed by atoms with E-state index >= 15 is 0 Å². The predicted octanol–water partition coefficient (Wildman–Crippen LogP) is 0.796. The minimum absolute atomic E-state index is 0.176. The molecule has 1 heterocycles. The van der Waals surface area contributed by atoms with Crippen molar-refractivity contribution in [1.82, 2.24) is 0 Å². The molecule has 1 aliphatic heterocycles. The Morgan fingerprint density at radius 3 is 1.74 bits per heavy atom. The van der Waals surface area contributed by atoms with Gasteiger partial charge in [0.1, 0.15) is 24.4 Å². The number of benzene rings is 2. The molecule has 0 amide bonds. The second kappa shape index (κ2) is 9.91. The van der Waals surface area contributed by atoms with Gasteiger partial charge in [0.05, 0.1) is 12.7 Å². The highest BCUT2D eigenvalue weighted by Gasteiger charge is 2.50. The molecule has 0 unspecified atom stereocenters. The second-order valence-electron chi connectivity index (χ2n) is 9.17. The Morgan fingerprint density at radius 2 is 1.29 bits per heavy atom. The van der Waals surface area contributed by atoms with E-state index in [1.165, 1.54) is 0 Å². The lowest BCUT2D eigenvalue weighted by Gasteiger charge is -2.44. The standard InChI is InChI=1S/C24H34O6Si/c1-24(2,3)31(17-10-6-4-7-11-17,18-12-8-5-9-13-18)29-15-14-19-21(26)23(28)22(27)20(16-25)30-19/h4-13,19-23,25-28H,14-16H2,1-3H3/t19-,20+,21-,22+,23+/m0/s1. The van der Waals surface area contributed by atoms with E-state index in [2.05, 4.69) is 45.0 Å². The Morgan fingerprint density at radius 1 is 0.806 bits per heavy atom. The van der Waals surface area contributed by atoms with Crippen LogP contribution in [0.4, 0.5) is 0 Å². The first-order chi connectivity index (χ1) is 14.7. The number of ether oxygens (including phenoxy) is 1. The van der Waals surface area contributed by atoms with Gasteiger partial charge < -0.3 is 29.6 Å². The molecule has 2 aromatic rings. The number of aliphatic hydroxyl groups excluding tert-OH is 4. The average Bonchev–Trinajstić information content (AvgIpc) is 2.77. The Kier molecular flexibility index (Phi) is 7.70. The van der Waals surface area contributed by atoms with Crippen molar-refractivity contribution in [2.45, 2.75) is 62.8 Å². The van der Waals surface area contributed by atoms with Gasteiger partial charge >= 0.3 is 0 Å². The molecule has 5 atom stereocenters. The van der Waals surface area contributed by atoms with Gasteiger partial charge in [0.25, 0.3) is 8.32 Å². The largest absolute Gasteiger partial charge is 0.407 e. The molecule has 31 heavy (non-hydrogen) atoms. The molecule has 0 aliphatic carbocycles. The smallest absolute Gasteiger partial charge is 0.261 e. The van der Waals surface area contributed by atoms with Crippen molar-refractivity contribution in [3.05, 3.63) is 60.7 Å². The van der Waals surface area contributed by atoms with Gasteiger partial charge in [-0.05, 0) is 21.8 Å². The summed E-state index contributed by atoms with van der Waals surface area (Å²) in [5.41, 5.74) is 0. The summed E-state index contributed by atoms with van der Waals surface area (Å²) >= 11 is 0. The quantitative estimate of drug-likeness (QED) is 0.470. The van der Waals surface area contributed by atoms with Crippen LogP contribution in [-0.2, 0) is 9.16 Å². The normalized spacial score (nSPS) is 27.3. The van der Waals surface area contributed by atoms with Crippen LogP contribution in [0.3, 0.4) is 0 Å².